The van der Waals surface area contributed by atoms with E-state index in [1.807, 2.05) is 13.8 Å². The molecule has 1 unspecified atom stereocenters. The minimum absolute atomic E-state index is 0.234. The maximum Gasteiger partial charge on any atom is 0.325 e. The maximum absolute atomic E-state index is 11.7. The van der Waals surface area contributed by atoms with Crippen molar-refractivity contribution in [3.05, 3.63) is 0 Å². The molecule has 0 saturated heterocycles. The first kappa shape index (κ1) is 16.4. The molecular formula is C15H29NO3. The van der Waals surface area contributed by atoms with Gasteiger partial charge in [0, 0.05) is 6.04 Å². The lowest BCUT2D eigenvalue weighted by Crippen LogP contribution is -2.45. The molecule has 0 heterocycles. The average Bonchev–Trinajstić information content (AvgIpc) is 2.34. The molecule has 1 aliphatic carbocycles. The van der Waals surface area contributed by atoms with E-state index >= 15 is 0 Å². The van der Waals surface area contributed by atoms with Crippen LogP contribution in [-0.2, 0) is 14.3 Å². The van der Waals surface area contributed by atoms with Crippen LogP contribution in [0.4, 0.5) is 0 Å². The zero-order valence-electron chi connectivity index (χ0n) is 13.0. The molecule has 1 rings (SSSR count). The molecular weight excluding hydrogens is 242 g/mol. The van der Waals surface area contributed by atoms with Gasteiger partial charge >= 0.3 is 5.97 Å². The van der Waals surface area contributed by atoms with Crippen LogP contribution in [0.15, 0.2) is 0 Å². The fourth-order valence-corrected chi connectivity index (χ4v) is 2.50. The smallest absolute Gasteiger partial charge is 0.325 e. The molecule has 0 amide bonds. The molecule has 0 bridgehead atoms. The molecule has 112 valence electrons. The summed E-state index contributed by atoms with van der Waals surface area (Å²) in [6.45, 7) is 9.04. The summed E-state index contributed by atoms with van der Waals surface area (Å²) in [6.07, 6.45) is 4.84. The third kappa shape index (κ3) is 5.91. The Morgan fingerprint density at radius 2 is 1.89 bits per heavy atom. The highest BCUT2D eigenvalue weighted by molar-refractivity contribution is 5.75. The third-order valence-electron chi connectivity index (χ3n) is 3.80. The van der Waals surface area contributed by atoms with Gasteiger partial charge in [0.1, 0.15) is 6.04 Å². The number of hydrogen-bond acceptors (Lipinski definition) is 4. The fourth-order valence-electron chi connectivity index (χ4n) is 2.50. The highest BCUT2D eigenvalue weighted by Gasteiger charge is 2.28. The van der Waals surface area contributed by atoms with Crippen LogP contribution in [-0.4, -0.2) is 37.9 Å². The summed E-state index contributed by atoms with van der Waals surface area (Å²) in [5.41, 5.74) is 0.442. The van der Waals surface area contributed by atoms with Gasteiger partial charge in [-0.3, -0.25) is 4.79 Å². The van der Waals surface area contributed by atoms with Gasteiger partial charge in [0.25, 0.3) is 0 Å². The Kier molecular flexibility index (Phi) is 6.27. The van der Waals surface area contributed by atoms with Crippen LogP contribution in [0.3, 0.4) is 0 Å². The van der Waals surface area contributed by atoms with Gasteiger partial charge in [0.2, 0.25) is 0 Å². The third-order valence-corrected chi connectivity index (χ3v) is 3.80. The number of methoxy groups -OCH3 is 1. The molecule has 0 radical (unpaired) electrons. The van der Waals surface area contributed by atoms with E-state index < -0.39 is 0 Å². The van der Waals surface area contributed by atoms with Gasteiger partial charge in [0.15, 0.2) is 0 Å². The standard InChI is InChI=1S/C15H29NO3/c1-11(2)16-13(14(17)18-5)10-19-12-6-8-15(3,4)9-7-12/h11-13,16H,6-10H2,1-5H3. The summed E-state index contributed by atoms with van der Waals surface area (Å²) in [5, 5.41) is 3.19. The van der Waals surface area contributed by atoms with Crippen molar-refractivity contribution in [1.29, 1.82) is 0 Å². The molecule has 1 atom stereocenters. The second kappa shape index (κ2) is 7.25. The number of ether oxygens (including phenoxy) is 2. The van der Waals surface area contributed by atoms with E-state index in [1.165, 1.54) is 20.0 Å². The topological polar surface area (TPSA) is 47.6 Å². The summed E-state index contributed by atoms with van der Waals surface area (Å²) < 4.78 is 10.7. The zero-order chi connectivity index (χ0) is 14.5. The quantitative estimate of drug-likeness (QED) is 0.754. The van der Waals surface area contributed by atoms with E-state index in [9.17, 15) is 4.79 Å². The molecule has 0 aromatic carbocycles. The Morgan fingerprint density at radius 3 is 2.37 bits per heavy atom. The zero-order valence-corrected chi connectivity index (χ0v) is 13.0. The first-order valence-electron chi connectivity index (χ1n) is 7.29. The van der Waals surface area contributed by atoms with Crippen LogP contribution in [0.25, 0.3) is 0 Å². The summed E-state index contributed by atoms with van der Waals surface area (Å²) in [7, 11) is 1.42. The summed E-state index contributed by atoms with van der Waals surface area (Å²) in [5.74, 6) is -0.246. The molecule has 0 spiro atoms. The second-order valence-electron chi connectivity index (χ2n) is 6.59. The van der Waals surface area contributed by atoms with Crippen molar-refractivity contribution in [2.24, 2.45) is 5.41 Å². The molecule has 4 nitrogen and oxygen atoms in total. The monoisotopic (exact) mass is 271 g/mol. The highest BCUT2D eigenvalue weighted by Crippen LogP contribution is 2.36. The molecule has 1 saturated carbocycles. The van der Waals surface area contributed by atoms with Gasteiger partial charge in [-0.1, -0.05) is 27.7 Å². The summed E-state index contributed by atoms with van der Waals surface area (Å²) in [4.78, 5) is 11.7. The molecule has 4 heteroatoms. The van der Waals surface area contributed by atoms with E-state index in [2.05, 4.69) is 19.2 Å². The SMILES string of the molecule is COC(=O)C(COC1CCC(C)(C)CC1)NC(C)C. The van der Waals surface area contributed by atoms with Crippen LogP contribution >= 0.6 is 0 Å². The largest absolute Gasteiger partial charge is 0.468 e. The van der Waals surface area contributed by atoms with Crippen LogP contribution in [0, 0.1) is 5.41 Å². The molecule has 1 aliphatic rings. The van der Waals surface area contributed by atoms with Crippen LogP contribution in [0.5, 0.6) is 0 Å². The van der Waals surface area contributed by atoms with E-state index in [0.29, 0.717) is 12.0 Å². The number of nitrogens with one attached hydrogen (secondary N) is 1. The molecule has 1 fully saturated rings. The van der Waals surface area contributed by atoms with Gasteiger partial charge in [0.05, 0.1) is 19.8 Å². The van der Waals surface area contributed by atoms with Gasteiger partial charge in [-0.25, -0.2) is 0 Å². The summed E-state index contributed by atoms with van der Waals surface area (Å²) >= 11 is 0. The Hall–Kier alpha value is -0.610. The van der Waals surface area contributed by atoms with Crippen molar-refractivity contribution in [1.82, 2.24) is 5.32 Å². The number of carbonyl (C=O) groups is 1. The lowest BCUT2D eigenvalue weighted by molar-refractivity contribution is -0.146. The minimum Gasteiger partial charge on any atom is -0.468 e. The Bertz CT molecular complexity index is 279. The fraction of sp³-hybridized carbons (Fsp3) is 0.933. The van der Waals surface area contributed by atoms with Crippen molar-refractivity contribution in [3.63, 3.8) is 0 Å². The average molecular weight is 271 g/mol. The lowest BCUT2D eigenvalue weighted by atomic mass is 9.76. The predicted molar refractivity (Wildman–Crippen MR) is 76.1 cm³/mol. The van der Waals surface area contributed by atoms with E-state index in [1.54, 1.807) is 0 Å². The van der Waals surface area contributed by atoms with Gasteiger partial charge in [-0.2, -0.15) is 0 Å². The minimum atomic E-state index is -0.361. The van der Waals surface area contributed by atoms with E-state index in [-0.39, 0.29) is 24.2 Å². The second-order valence-corrected chi connectivity index (χ2v) is 6.59. The van der Waals surface area contributed by atoms with E-state index in [0.717, 1.165) is 12.8 Å². The summed E-state index contributed by atoms with van der Waals surface area (Å²) in [6, 6.07) is -0.127. The first-order chi connectivity index (χ1) is 8.84. The molecule has 19 heavy (non-hydrogen) atoms. The number of carbonyl (C=O) groups excluding carboxylic acids is 1. The van der Waals surface area contributed by atoms with Gasteiger partial charge in [-0.05, 0) is 31.1 Å². The van der Waals surface area contributed by atoms with Crippen molar-refractivity contribution in [2.75, 3.05) is 13.7 Å². The molecule has 1 N–H and O–H groups in total. The molecule has 0 aromatic heterocycles. The van der Waals surface area contributed by atoms with Crippen molar-refractivity contribution in [3.8, 4) is 0 Å². The molecule has 0 aromatic rings. The first-order valence-corrected chi connectivity index (χ1v) is 7.29. The van der Waals surface area contributed by atoms with Crippen LogP contribution in [0.2, 0.25) is 0 Å². The van der Waals surface area contributed by atoms with Crippen molar-refractivity contribution in [2.45, 2.75) is 71.6 Å². The number of esters is 1. The number of rotatable bonds is 6. The van der Waals surface area contributed by atoms with E-state index in [4.69, 9.17) is 9.47 Å². The van der Waals surface area contributed by atoms with Crippen molar-refractivity contribution < 1.29 is 14.3 Å². The van der Waals surface area contributed by atoms with Crippen LogP contribution < -0.4 is 5.32 Å². The Morgan fingerprint density at radius 1 is 1.32 bits per heavy atom. The predicted octanol–water partition coefficient (Wildman–Crippen LogP) is 2.51. The Balaban J connectivity index is 2.37. The lowest BCUT2D eigenvalue weighted by Gasteiger charge is -2.34. The highest BCUT2D eigenvalue weighted by atomic mass is 16.5. The maximum atomic E-state index is 11.7. The van der Waals surface area contributed by atoms with Gasteiger partial charge < -0.3 is 14.8 Å². The number of hydrogen-bond donors (Lipinski definition) is 1. The van der Waals surface area contributed by atoms with Gasteiger partial charge in [-0.15, -0.1) is 0 Å². The van der Waals surface area contributed by atoms with Crippen LogP contribution in [0.1, 0.15) is 53.4 Å². The Labute approximate surface area is 117 Å². The van der Waals surface area contributed by atoms with Crippen molar-refractivity contribution >= 4 is 5.97 Å². The molecule has 0 aliphatic heterocycles. The normalized spacial score (nSPS) is 21.4.